The Labute approximate surface area is 131 Å². The minimum Gasteiger partial charge on any atom is -0.343 e. The molecule has 0 radical (unpaired) electrons. The van der Waals surface area contributed by atoms with Gasteiger partial charge in [0.25, 0.3) is 0 Å². The summed E-state index contributed by atoms with van der Waals surface area (Å²) in [7, 11) is 0. The molecule has 3 heterocycles. The molecule has 0 saturated carbocycles. The van der Waals surface area contributed by atoms with Crippen molar-refractivity contribution < 1.29 is 9.59 Å². The van der Waals surface area contributed by atoms with Crippen molar-refractivity contribution in [1.29, 1.82) is 0 Å². The fraction of sp³-hybridized carbons (Fsp3) is 0.588. The lowest BCUT2D eigenvalue weighted by molar-refractivity contribution is -0.136. The third kappa shape index (κ3) is 2.72. The van der Waals surface area contributed by atoms with E-state index in [4.69, 9.17) is 0 Å². The summed E-state index contributed by atoms with van der Waals surface area (Å²) in [5.74, 6) is 0.352. The number of aromatic nitrogens is 1. The summed E-state index contributed by atoms with van der Waals surface area (Å²) >= 11 is 0. The van der Waals surface area contributed by atoms with Crippen LogP contribution in [0.25, 0.3) is 0 Å². The van der Waals surface area contributed by atoms with E-state index in [1.807, 2.05) is 34.9 Å². The van der Waals surface area contributed by atoms with E-state index >= 15 is 0 Å². The van der Waals surface area contributed by atoms with E-state index in [0.29, 0.717) is 13.0 Å². The zero-order chi connectivity index (χ0) is 15.7. The monoisotopic (exact) mass is 301 g/mol. The Kier molecular flexibility index (Phi) is 3.89. The summed E-state index contributed by atoms with van der Waals surface area (Å²) in [5.41, 5.74) is 1.85. The first-order valence-electron chi connectivity index (χ1n) is 7.99. The van der Waals surface area contributed by atoms with Crippen LogP contribution in [0.2, 0.25) is 0 Å². The molecule has 0 N–H and O–H groups in total. The van der Waals surface area contributed by atoms with Crippen LogP contribution in [0.15, 0.2) is 18.2 Å². The molecule has 0 aliphatic carbocycles. The molecule has 2 aliphatic heterocycles. The normalized spacial score (nSPS) is 20.7. The van der Waals surface area contributed by atoms with Crippen LogP contribution in [0, 0.1) is 6.92 Å². The van der Waals surface area contributed by atoms with E-state index in [1.54, 1.807) is 6.92 Å². The standard InChI is InChI=1S/C17H23N3O2/c1-13-4-3-5-15(18-13)12-20-16(22)6-7-17(20)8-10-19(11-9-17)14(2)21/h3-5H,6-12H2,1-2H3. The van der Waals surface area contributed by atoms with Gasteiger partial charge in [-0.1, -0.05) is 6.07 Å². The summed E-state index contributed by atoms with van der Waals surface area (Å²) in [6.07, 6.45) is 3.28. The lowest BCUT2D eigenvalue weighted by Gasteiger charge is -2.44. The lowest BCUT2D eigenvalue weighted by Crippen LogP contribution is -2.53. The molecule has 2 amide bonds. The van der Waals surface area contributed by atoms with Crippen molar-refractivity contribution in [2.24, 2.45) is 0 Å². The third-order valence-corrected chi connectivity index (χ3v) is 5.08. The molecule has 5 heteroatoms. The zero-order valence-corrected chi connectivity index (χ0v) is 13.3. The molecule has 2 saturated heterocycles. The van der Waals surface area contributed by atoms with Gasteiger partial charge in [-0.15, -0.1) is 0 Å². The fourth-order valence-electron chi connectivity index (χ4n) is 3.74. The minimum atomic E-state index is -0.0749. The molecule has 118 valence electrons. The number of carbonyl (C=O) groups is 2. The molecule has 3 rings (SSSR count). The highest BCUT2D eigenvalue weighted by Gasteiger charge is 2.47. The van der Waals surface area contributed by atoms with Crippen LogP contribution in [0.5, 0.6) is 0 Å². The summed E-state index contributed by atoms with van der Waals surface area (Å²) in [4.78, 5) is 32.3. The van der Waals surface area contributed by atoms with E-state index in [9.17, 15) is 9.59 Å². The van der Waals surface area contributed by atoms with E-state index in [-0.39, 0.29) is 17.4 Å². The highest BCUT2D eigenvalue weighted by molar-refractivity contribution is 5.80. The number of likely N-dealkylation sites (tertiary alicyclic amines) is 2. The van der Waals surface area contributed by atoms with Gasteiger partial charge < -0.3 is 9.80 Å². The van der Waals surface area contributed by atoms with E-state index in [1.165, 1.54) is 0 Å². The van der Waals surface area contributed by atoms with Crippen LogP contribution >= 0.6 is 0 Å². The molecule has 2 aliphatic rings. The van der Waals surface area contributed by atoms with Crippen molar-refractivity contribution in [3.63, 3.8) is 0 Å². The number of hydrogen-bond acceptors (Lipinski definition) is 3. The molecule has 0 aromatic carbocycles. The van der Waals surface area contributed by atoms with Gasteiger partial charge in [0.05, 0.1) is 12.2 Å². The van der Waals surface area contributed by atoms with Crippen LogP contribution in [0.4, 0.5) is 0 Å². The van der Waals surface area contributed by atoms with Crippen molar-refractivity contribution in [1.82, 2.24) is 14.8 Å². The maximum atomic E-state index is 12.4. The maximum absolute atomic E-state index is 12.4. The lowest BCUT2D eigenvalue weighted by atomic mass is 9.85. The molecule has 2 fully saturated rings. The number of piperidine rings is 1. The molecule has 1 aromatic heterocycles. The third-order valence-electron chi connectivity index (χ3n) is 5.08. The number of nitrogens with zero attached hydrogens (tertiary/aromatic N) is 3. The summed E-state index contributed by atoms with van der Waals surface area (Å²) in [6, 6.07) is 5.94. The van der Waals surface area contributed by atoms with E-state index in [2.05, 4.69) is 4.98 Å². The Bertz CT molecular complexity index is 591. The number of carbonyl (C=O) groups excluding carboxylic acids is 2. The number of aryl methyl sites for hydroxylation is 1. The van der Waals surface area contributed by atoms with Gasteiger partial charge in [0, 0.05) is 37.7 Å². The predicted molar refractivity (Wildman–Crippen MR) is 83.0 cm³/mol. The highest BCUT2D eigenvalue weighted by atomic mass is 16.2. The van der Waals surface area contributed by atoms with Gasteiger partial charge in [-0.2, -0.15) is 0 Å². The van der Waals surface area contributed by atoms with Gasteiger partial charge in [-0.3, -0.25) is 14.6 Å². The average Bonchev–Trinajstić information content (AvgIpc) is 2.77. The Morgan fingerprint density at radius 3 is 2.64 bits per heavy atom. The van der Waals surface area contributed by atoms with Gasteiger partial charge in [0.15, 0.2) is 0 Å². The number of amides is 2. The topological polar surface area (TPSA) is 53.5 Å². The van der Waals surface area contributed by atoms with Crippen LogP contribution in [-0.4, -0.2) is 45.2 Å². The second kappa shape index (κ2) is 5.71. The SMILES string of the molecule is CC(=O)N1CCC2(CCC(=O)N2Cc2cccc(C)n2)CC1. The van der Waals surface area contributed by atoms with Crippen molar-refractivity contribution in [3.8, 4) is 0 Å². The second-order valence-electron chi connectivity index (χ2n) is 6.48. The zero-order valence-electron chi connectivity index (χ0n) is 13.3. The van der Waals surface area contributed by atoms with Crippen LogP contribution in [-0.2, 0) is 16.1 Å². The quantitative estimate of drug-likeness (QED) is 0.838. The average molecular weight is 301 g/mol. The van der Waals surface area contributed by atoms with E-state index < -0.39 is 0 Å². The first-order valence-corrected chi connectivity index (χ1v) is 7.99. The fourth-order valence-corrected chi connectivity index (χ4v) is 3.74. The van der Waals surface area contributed by atoms with Gasteiger partial charge in [0.1, 0.15) is 0 Å². The number of pyridine rings is 1. The first-order chi connectivity index (χ1) is 10.5. The first kappa shape index (κ1) is 15.0. The molecular formula is C17H23N3O2. The van der Waals surface area contributed by atoms with Crippen LogP contribution in [0.1, 0.15) is 44.0 Å². The van der Waals surface area contributed by atoms with Crippen molar-refractivity contribution in [3.05, 3.63) is 29.6 Å². The van der Waals surface area contributed by atoms with Crippen molar-refractivity contribution in [2.45, 2.75) is 51.6 Å². The Balaban J connectivity index is 1.77. The number of hydrogen-bond donors (Lipinski definition) is 0. The maximum Gasteiger partial charge on any atom is 0.223 e. The second-order valence-corrected chi connectivity index (χ2v) is 6.48. The molecule has 0 atom stereocenters. The van der Waals surface area contributed by atoms with Crippen molar-refractivity contribution >= 4 is 11.8 Å². The smallest absolute Gasteiger partial charge is 0.223 e. The predicted octanol–water partition coefficient (Wildman–Crippen LogP) is 1.89. The molecule has 0 unspecified atom stereocenters. The molecule has 1 spiro atoms. The largest absolute Gasteiger partial charge is 0.343 e. The molecule has 0 bridgehead atoms. The van der Waals surface area contributed by atoms with Crippen LogP contribution in [0.3, 0.4) is 0 Å². The van der Waals surface area contributed by atoms with Gasteiger partial charge in [0.2, 0.25) is 11.8 Å². The molecule has 1 aromatic rings. The summed E-state index contributed by atoms with van der Waals surface area (Å²) < 4.78 is 0. The van der Waals surface area contributed by atoms with Crippen LogP contribution < -0.4 is 0 Å². The van der Waals surface area contributed by atoms with Gasteiger partial charge >= 0.3 is 0 Å². The summed E-state index contributed by atoms with van der Waals surface area (Å²) in [6.45, 7) is 5.67. The van der Waals surface area contributed by atoms with Crippen molar-refractivity contribution in [2.75, 3.05) is 13.1 Å². The van der Waals surface area contributed by atoms with Gasteiger partial charge in [-0.25, -0.2) is 0 Å². The Morgan fingerprint density at radius 1 is 1.27 bits per heavy atom. The van der Waals surface area contributed by atoms with E-state index in [0.717, 1.165) is 43.7 Å². The highest BCUT2D eigenvalue weighted by Crippen LogP contribution is 2.39. The molecule has 22 heavy (non-hydrogen) atoms. The van der Waals surface area contributed by atoms with Gasteiger partial charge in [-0.05, 0) is 38.3 Å². The number of rotatable bonds is 2. The minimum absolute atomic E-state index is 0.0749. The molecule has 5 nitrogen and oxygen atoms in total. The summed E-state index contributed by atoms with van der Waals surface area (Å²) in [5, 5.41) is 0. The Morgan fingerprint density at radius 2 is 2.00 bits per heavy atom. The Hall–Kier alpha value is -1.91. The molecular weight excluding hydrogens is 278 g/mol.